The van der Waals surface area contributed by atoms with Crippen molar-refractivity contribution >= 4 is 28.6 Å². The number of hydrogen-bond acceptors (Lipinski definition) is 5. The van der Waals surface area contributed by atoms with Gasteiger partial charge in [0.2, 0.25) is 0 Å². The molecule has 8 nitrogen and oxygen atoms in total. The molecule has 0 bridgehead atoms. The molecule has 0 saturated carbocycles. The van der Waals surface area contributed by atoms with E-state index in [0.717, 1.165) is 53.5 Å². The topological polar surface area (TPSA) is 84.6 Å². The molecule has 45 heavy (non-hydrogen) atoms. The normalized spacial score (nSPS) is 14.4. The number of urea groups is 1. The van der Waals surface area contributed by atoms with Gasteiger partial charge in [0, 0.05) is 30.1 Å². The maximum absolute atomic E-state index is 12.7. The summed E-state index contributed by atoms with van der Waals surface area (Å²) in [4.78, 5) is 23.6. The molecule has 1 aromatic heterocycles. The van der Waals surface area contributed by atoms with Crippen LogP contribution in [0.1, 0.15) is 49.3 Å². The van der Waals surface area contributed by atoms with Gasteiger partial charge in [-0.25, -0.2) is 14.5 Å². The first-order valence-corrected chi connectivity index (χ1v) is 15.8. The van der Waals surface area contributed by atoms with Crippen LogP contribution in [0.4, 0.5) is 23.7 Å². The van der Waals surface area contributed by atoms with Crippen LogP contribution in [0.25, 0.3) is 17.1 Å². The Morgan fingerprint density at radius 1 is 1.09 bits per heavy atom. The number of unbranched alkanes of at least 4 members (excludes halogenated alkanes) is 1. The number of anilines is 1. The lowest BCUT2D eigenvalue weighted by atomic mass is 9.99. The first kappa shape index (κ1) is 32.1. The van der Waals surface area contributed by atoms with Gasteiger partial charge >= 0.3 is 12.4 Å². The summed E-state index contributed by atoms with van der Waals surface area (Å²) in [6, 6.07) is 19.5. The number of aliphatic imine (C=N–C) groups is 1. The van der Waals surface area contributed by atoms with Gasteiger partial charge in [0.1, 0.15) is 12.1 Å². The van der Waals surface area contributed by atoms with Crippen LogP contribution in [-0.2, 0) is 6.42 Å². The van der Waals surface area contributed by atoms with Crippen LogP contribution in [0.15, 0.2) is 78.0 Å². The molecule has 0 aliphatic carbocycles. The largest absolute Gasteiger partial charge is 0.573 e. The molecule has 0 atom stereocenters. The average molecular weight is 637 g/mol. The molecule has 1 saturated heterocycles. The van der Waals surface area contributed by atoms with Crippen molar-refractivity contribution in [2.75, 3.05) is 23.7 Å². The molecule has 2 heterocycles. The van der Waals surface area contributed by atoms with Gasteiger partial charge in [0.25, 0.3) is 0 Å². The number of aromatic nitrogens is 3. The van der Waals surface area contributed by atoms with Crippen molar-refractivity contribution in [3.63, 3.8) is 0 Å². The summed E-state index contributed by atoms with van der Waals surface area (Å²) in [7, 11) is 0. The number of amides is 2. The number of thioether (sulfide) groups is 1. The number of alkyl halides is 3. The number of ether oxygens (including phenoxy) is 1. The van der Waals surface area contributed by atoms with E-state index in [1.807, 2.05) is 24.3 Å². The minimum absolute atomic E-state index is 0.301. The van der Waals surface area contributed by atoms with Gasteiger partial charge < -0.3 is 15.0 Å². The summed E-state index contributed by atoms with van der Waals surface area (Å²) in [5.41, 5.74) is 6.05. The lowest BCUT2D eigenvalue weighted by molar-refractivity contribution is -0.274. The summed E-state index contributed by atoms with van der Waals surface area (Å²) in [5, 5.41) is 8.16. The van der Waals surface area contributed by atoms with E-state index in [1.165, 1.54) is 46.4 Å². The zero-order valence-corrected chi connectivity index (χ0v) is 26.2. The van der Waals surface area contributed by atoms with Crippen LogP contribution in [0, 0.1) is 6.92 Å². The number of rotatable bonds is 10. The standard InChI is InChI=1S/C33H35F3N6O2S/c1-22(2)28-15-10-23(3)19-29(28)41-17-18-45-32(41)39-31(43)37-16-5-4-7-24-8-6-9-25(20-24)30-38-21-42(40-30)26-11-13-27(14-12-26)44-33(34,35)36/h6,8-15,19-22H,4-5,7,16-18H2,1-3H3,(H,37,43). The maximum Gasteiger partial charge on any atom is 0.573 e. The fourth-order valence-electron chi connectivity index (χ4n) is 5.06. The number of amidine groups is 1. The van der Waals surface area contributed by atoms with Crippen LogP contribution in [0.2, 0.25) is 0 Å². The molecule has 1 N–H and O–H groups in total. The third kappa shape index (κ3) is 8.65. The minimum atomic E-state index is -4.74. The smallest absolute Gasteiger partial charge is 0.406 e. The third-order valence-corrected chi connectivity index (χ3v) is 8.21. The highest BCUT2D eigenvalue weighted by molar-refractivity contribution is 8.14. The van der Waals surface area contributed by atoms with Gasteiger partial charge in [-0.2, -0.15) is 4.99 Å². The van der Waals surface area contributed by atoms with Crippen molar-refractivity contribution in [2.24, 2.45) is 4.99 Å². The van der Waals surface area contributed by atoms with Crippen molar-refractivity contribution in [1.82, 2.24) is 20.1 Å². The molecule has 12 heteroatoms. The van der Waals surface area contributed by atoms with Gasteiger partial charge in [-0.05, 0) is 85.2 Å². The van der Waals surface area contributed by atoms with Gasteiger partial charge in [0.05, 0.1) is 5.69 Å². The molecule has 0 spiro atoms. The van der Waals surface area contributed by atoms with Crippen LogP contribution in [0.3, 0.4) is 0 Å². The second-order valence-corrected chi connectivity index (χ2v) is 12.1. The van der Waals surface area contributed by atoms with E-state index in [0.29, 0.717) is 24.0 Å². The van der Waals surface area contributed by atoms with Crippen molar-refractivity contribution in [3.8, 4) is 22.8 Å². The monoisotopic (exact) mass is 636 g/mol. The van der Waals surface area contributed by atoms with E-state index in [4.69, 9.17) is 0 Å². The highest BCUT2D eigenvalue weighted by Gasteiger charge is 2.31. The molecular weight excluding hydrogens is 601 g/mol. The summed E-state index contributed by atoms with van der Waals surface area (Å²) >= 11 is 1.60. The number of carbonyl (C=O) groups is 1. The third-order valence-electron chi connectivity index (χ3n) is 7.25. The molecule has 4 aromatic rings. The Hall–Kier alpha value is -4.32. The van der Waals surface area contributed by atoms with E-state index < -0.39 is 6.36 Å². The SMILES string of the molecule is Cc1ccc(C(C)C)c(N2CCSC2=NC(=O)NCCCCc2cccc(-c3ncn(-c4ccc(OC(F)(F)F)cc4)n3)c2)c1. The molecule has 236 valence electrons. The van der Waals surface area contributed by atoms with Crippen LogP contribution in [0.5, 0.6) is 5.75 Å². The summed E-state index contributed by atoms with van der Waals surface area (Å²) < 4.78 is 42.7. The quantitative estimate of drug-likeness (QED) is 0.178. The second-order valence-electron chi connectivity index (χ2n) is 11.1. The molecule has 1 fully saturated rings. The van der Waals surface area contributed by atoms with Crippen LogP contribution in [-0.4, -0.2) is 51.2 Å². The van der Waals surface area contributed by atoms with E-state index in [1.54, 1.807) is 11.8 Å². The number of carbonyl (C=O) groups excluding carboxylic acids is 1. The Kier molecular flexibility index (Phi) is 10.1. The number of nitrogens with one attached hydrogen (secondary N) is 1. The van der Waals surface area contributed by atoms with Crippen molar-refractivity contribution in [2.45, 2.75) is 52.3 Å². The maximum atomic E-state index is 12.7. The fourth-order valence-corrected chi connectivity index (χ4v) is 6.00. The van der Waals surface area contributed by atoms with Gasteiger partial charge in [-0.3, -0.25) is 0 Å². The van der Waals surface area contributed by atoms with Crippen LogP contribution < -0.4 is 15.0 Å². The molecular formula is C33H35F3N6O2S. The van der Waals surface area contributed by atoms with Gasteiger partial charge in [-0.15, -0.1) is 18.3 Å². The Morgan fingerprint density at radius 3 is 2.64 bits per heavy atom. The van der Waals surface area contributed by atoms with Gasteiger partial charge in [0.15, 0.2) is 11.0 Å². The summed E-state index contributed by atoms with van der Waals surface area (Å²) in [6.07, 6.45) is -0.743. The number of halogens is 3. The van der Waals surface area contributed by atoms with Crippen LogP contribution >= 0.6 is 11.8 Å². The molecule has 1 aliphatic rings. The first-order valence-electron chi connectivity index (χ1n) is 14.8. The predicted molar refractivity (Wildman–Crippen MR) is 172 cm³/mol. The number of aryl methyl sites for hydroxylation is 2. The highest BCUT2D eigenvalue weighted by atomic mass is 32.2. The van der Waals surface area contributed by atoms with E-state index in [2.05, 4.69) is 69.0 Å². The van der Waals surface area contributed by atoms with Crippen molar-refractivity contribution in [1.29, 1.82) is 0 Å². The lowest BCUT2D eigenvalue weighted by Crippen LogP contribution is -2.29. The number of nitrogens with zero attached hydrogens (tertiary/aromatic N) is 5. The predicted octanol–water partition coefficient (Wildman–Crippen LogP) is 7.91. The Morgan fingerprint density at radius 2 is 1.89 bits per heavy atom. The fraction of sp³-hybridized carbons (Fsp3) is 0.333. The van der Waals surface area contributed by atoms with Crippen molar-refractivity contribution in [3.05, 3.63) is 89.7 Å². The Balaban J connectivity index is 1.11. The van der Waals surface area contributed by atoms with E-state index >= 15 is 0 Å². The second kappa shape index (κ2) is 14.2. The molecule has 2 amide bonds. The molecule has 3 aromatic carbocycles. The number of benzene rings is 3. The van der Waals surface area contributed by atoms with E-state index in [-0.39, 0.29) is 11.8 Å². The summed E-state index contributed by atoms with van der Waals surface area (Å²) in [6.45, 7) is 7.78. The Labute approximate surface area is 264 Å². The van der Waals surface area contributed by atoms with Crippen molar-refractivity contribution < 1.29 is 22.7 Å². The Bertz CT molecular complexity index is 1650. The first-order chi connectivity index (χ1) is 21.6. The highest BCUT2D eigenvalue weighted by Crippen LogP contribution is 2.33. The molecule has 0 radical (unpaired) electrons. The molecule has 1 aliphatic heterocycles. The molecule has 0 unspecified atom stereocenters. The zero-order chi connectivity index (χ0) is 32.0. The van der Waals surface area contributed by atoms with E-state index in [9.17, 15) is 18.0 Å². The minimum Gasteiger partial charge on any atom is -0.406 e. The zero-order valence-electron chi connectivity index (χ0n) is 25.3. The average Bonchev–Trinajstić information content (AvgIpc) is 3.67. The molecule has 5 rings (SSSR count). The summed E-state index contributed by atoms with van der Waals surface area (Å²) in [5.74, 6) is 1.46. The lowest BCUT2D eigenvalue weighted by Gasteiger charge is -2.23. The number of hydrogen-bond donors (Lipinski definition) is 1. The van der Waals surface area contributed by atoms with Gasteiger partial charge in [-0.1, -0.05) is 55.9 Å².